The summed E-state index contributed by atoms with van der Waals surface area (Å²) in [6.45, 7) is 1.64. The number of halogens is 2. The quantitative estimate of drug-likeness (QED) is 0.937. The lowest BCUT2D eigenvalue weighted by atomic mass is 10.1. The zero-order chi connectivity index (χ0) is 15.4. The van der Waals surface area contributed by atoms with Crippen LogP contribution in [0.2, 0.25) is 0 Å². The number of rotatable bonds is 4. The van der Waals surface area contributed by atoms with Crippen molar-refractivity contribution in [1.82, 2.24) is 0 Å². The second-order valence-electron chi connectivity index (χ2n) is 4.68. The molecule has 0 radical (unpaired) electrons. The second kappa shape index (κ2) is 6.33. The molecule has 0 aliphatic rings. The van der Waals surface area contributed by atoms with Gasteiger partial charge in [-0.15, -0.1) is 0 Å². The van der Waals surface area contributed by atoms with E-state index in [4.69, 9.17) is 15.7 Å². The fourth-order valence-electron chi connectivity index (χ4n) is 1.92. The van der Waals surface area contributed by atoms with Gasteiger partial charge in [0.2, 0.25) is 0 Å². The van der Waals surface area contributed by atoms with Crippen LogP contribution in [0.5, 0.6) is 5.75 Å². The highest BCUT2D eigenvalue weighted by molar-refractivity contribution is 5.37. The minimum Gasteiger partial charge on any atom is -0.488 e. The second-order valence-corrected chi connectivity index (χ2v) is 4.68. The number of nitriles is 1. The minimum atomic E-state index is -0.460. The molecule has 21 heavy (non-hydrogen) atoms. The van der Waals surface area contributed by atoms with Crippen LogP contribution in [0.3, 0.4) is 0 Å². The first-order valence-electron chi connectivity index (χ1n) is 6.37. The molecule has 2 rings (SSSR count). The summed E-state index contributed by atoms with van der Waals surface area (Å²) < 4.78 is 32.4. The summed E-state index contributed by atoms with van der Waals surface area (Å²) in [4.78, 5) is 0. The van der Waals surface area contributed by atoms with Crippen LogP contribution < -0.4 is 10.5 Å². The zero-order valence-corrected chi connectivity index (χ0v) is 11.4. The largest absolute Gasteiger partial charge is 0.488 e. The standard InChI is InChI=1S/C16H14F2N2O/c1-10(20)14-7-13(17)3-5-16(14)21-9-12-6-11(8-19)2-4-15(12)18/h2-7,10H,9,20H2,1H3/t10-/m0/s1. The summed E-state index contributed by atoms with van der Waals surface area (Å²) >= 11 is 0. The van der Waals surface area contributed by atoms with Crippen molar-refractivity contribution in [3.63, 3.8) is 0 Å². The molecule has 108 valence electrons. The van der Waals surface area contributed by atoms with E-state index in [1.807, 2.05) is 6.07 Å². The first-order chi connectivity index (χ1) is 10.0. The van der Waals surface area contributed by atoms with E-state index >= 15 is 0 Å². The van der Waals surface area contributed by atoms with Crippen molar-refractivity contribution in [1.29, 1.82) is 5.26 Å². The van der Waals surface area contributed by atoms with Crippen LogP contribution in [0, 0.1) is 23.0 Å². The van der Waals surface area contributed by atoms with Gasteiger partial charge in [0.1, 0.15) is 24.0 Å². The van der Waals surface area contributed by atoms with Gasteiger partial charge in [0.25, 0.3) is 0 Å². The smallest absolute Gasteiger partial charge is 0.129 e. The lowest BCUT2D eigenvalue weighted by Gasteiger charge is -2.14. The Labute approximate surface area is 121 Å². The molecule has 0 saturated carbocycles. The summed E-state index contributed by atoms with van der Waals surface area (Å²) in [5.41, 5.74) is 6.88. The Bertz CT molecular complexity index is 693. The summed E-state index contributed by atoms with van der Waals surface area (Å²) in [6, 6.07) is 9.56. The van der Waals surface area contributed by atoms with E-state index in [1.54, 1.807) is 6.92 Å². The molecule has 0 saturated heterocycles. The van der Waals surface area contributed by atoms with Crippen LogP contribution in [-0.2, 0) is 6.61 Å². The van der Waals surface area contributed by atoms with E-state index in [1.165, 1.54) is 36.4 Å². The minimum absolute atomic E-state index is 0.0628. The Morgan fingerprint density at radius 2 is 2.00 bits per heavy atom. The maximum atomic E-state index is 13.7. The Kier molecular flexibility index (Phi) is 4.51. The summed E-state index contributed by atoms with van der Waals surface area (Å²) in [5, 5.41) is 8.81. The topological polar surface area (TPSA) is 59.0 Å². The highest BCUT2D eigenvalue weighted by Crippen LogP contribution is 2.26. The molecule has 0 spiro atoms. The molecule has 2 aromatic carbocycles. The van der Waals surface area contributed by atoms with E-state index in [2.05, 4.69) is 0 Å². The molecule has 1 atom stereocenters. The van der Waals surface area contributed by atoms with Gasteiger partial charge in [-0.3, -0.25) is 0 Å². The first kappa shape index (κ1) is 14.9. The maximum absolute atomic E-state index is 13.7. The molecule has 2 N–H and O–H groups in total. The number of nitrogens with two attached hydrogens (primary N) is 1. The molecule has 0 fully saturated rings. The molecule has 0 aliphatic carbocycles. The molecule has 0 unspecified atom stereocenters. The van der Waals surface area contributed by atoms with Crippen molar-refractivity contribution in [2.45, 2.75) is 19.6 Å². The van der Waals surface area contributed by atoms with E-state index in [9.17, 15) is 8.78 Å². The van der Waals surface area contributed by atoms with Gasteiger partial charge >= 0.3 is 0 Å². The number of benzene rings is 2. The Morgan fingerprint density at radius 3 is 2.67 bits per heavy atom. The monoisotopic (exact) mass is 288 g/mol. The summed E-state index contributed by atoms with van der Waals surface area (Å²) in [7, 11) is 0. The Hall–Kier alpha value is -2.45. The van der Waals surface area contributed by atoms with Gasteiger partial charge in [-0.05, 0) is 43.3 Å². The summed E-state index contributed by atoms with van der Waals surface area (Å²) in [6.07, 6.45) is 0. The van der Waals surface area contributed by atoms with Crippen LogP contribution in [0.25, 0.3) is 0 Å². The van der Waals surface area contributed by atoms with E-state index in [0.29, 0.717) is 16.9 Å². The number of hydrogen-bond donors (Lipinski definition) is 1. The molecule has 0 amide bonds. The van der Waals surface area contributed by atoms with Gasteiger partial charge in [-0.2, -0.15) is 5.26 Å². The zero-order valence-electron chi connectivity index (χ0n) is 11.4. The van der Waals surface area contributed by atoms with Gasteiger partial charge in [0, 0.05) is 17.2 Å². The van der Waals surface area contributed by atoms with Crippen molar-refractivity contribution in [2.24, 2.45) is 5.73 Å². The lowest BCUT2D eigenvalue weighted by Crippen LogP contribution is -2.09. The number of hydrogen-bond acceptors (Lipinski definition) is 3. The fourth-order valence-corrected chi connectivity index (χ4v) is 1.92. The van der Waals surface area contributed by atoms with Gasteiger partial charge < -0.3 is 10.5 Å². The third-order valence-electron chi connectivity index (χ3n) is 3.02. The SMILES string of the molecule is C[C@H](N)c1cc(F)ccc1OCc1cc(C#N)ccc1F. The molecule has 0 aliphatic heterocycles. The lowest BCUT2D eigenvalue weighted by molar-refractivity contribution is 0.295. The normalized spacial score (nSPS) is 11.8. The van der Waals surface area contributed by atoms with E-state index in [-0.39, 0.29) is 12.2 Å². The predicted molar refractivity (Wildman–Crippen MR) is 74.4 cm³/mol. The van der Waals surface area contributed by atoms with E-state index < -0.39 is 17.7 Å². The van der Waals surface area contributed by atoms with Crippen molar-refractivity contribution in [2.75, 3.05) is 0 Å². The Balaban J connectivity index is 2.23. The average Bonchev–Trinajstić information content (AvgIpc) is 2.47. The molecule has 0 heterocycles. The molecule has 3 nitrogen and oxygen atoms in total. The van der Waals surface area contributed by atoms with Gasteiger partial charge in [-0.25, -0.2) is 8.78 Å². The predicted octanol–water partition coefficient (Wildman–Crippen LogP) is 3.44. The average molecular weight is 288 g/mol. The summed E-state index contributed by atoms with van der Waals surface area (Å²) in [5.74, 6) is -0.473. The molecular formula is C16H14F2N2O. The fraction of sp³-hybridized carbons (Fsp3) is 0.188. The molecule has 5 heteroatoms. The van der Waals surface area contributed by atoms with Crippen molar-refractivity contribution >= 4 is 0 Å². The van der Waals surface area contributed by atoms with Crippen LogP contribution in [0.4, 0.5) is 8.78 Å². The first-order valence-corrected chi connectivity index (χ1v) is 6.37. The van der Waals surface area contributed by atoms with Crippen molar-refractivity contribution < 1.29 is 13.5 Å². The third kappa shape index (κ3) is 3.56. The van der Waals surface area contributed by atoms with Crippen molar-refractivity contribution in [3.05, 3.63) is 64.7 Å². The van der Waals surface area contributed by atoms with Crippen LogP contribution in [0.1, 0.15) is 29.7 Å². The van der Waals surface area contributed by atoms with Crippen molar-refractivity contribution in [3.8, 4) is 11.8 Å². The molecule has 0 aromatic heterocycles. The van der Waals surface area contributed by atoms with Crippen LogP contribution in [-0.4, -0.2) is 0 Å². The molecular weight excluding hydrogens is 274 g/mol. The molecule has 2 aromatic rings. The van der Waals surface area contributed by atoms with Crippen LogP contribution >= 0.6 is 0 Å². The van der Waals surface area contributed by atoms with E-state index in [0.717, 1.165) is 0 Å². The molecule has 0 bridgehead atoms. The van der Waals surface area contributed by atoms with Gasteiger partial charge in [-0.1, -0.05) is 0 Å². The van der Waals surface area contributed by atoms with Gasteiger partial charge in [0.05, 0.1) is 11.6 Å². The maximum Gasteiger partial charge on any atom is 0.129 e. The highest BCUT2D eigenvalue weighted by Gasteiger charge is 2.11. The highest BCUT2D eigenvalue weighted by atomic mass is 19.1. The Morgan fingerprint density at radius 1 is 1.24 bits per heavy atom. The number of ether oxygens (including phenoxy) is 1. The third-order valence-corrected chi connectivity index (χ3v) is 3.02. The van der Waals surface area contributed by atoms with Crippen LogP contribution in [0.15, 0.2) is 36.4 Å². The van der Waals surface area contributed by atoms with Gasteiger partial charge in [0.15, 0.2) is 0 Å². The number of nitrogens with zero attached hydrogens (tertiary/aromatic N) is 1.